The molecule has 0 spiro atoms. The van der Waals surface area contributed by atoms with Gasteiger partial charge in [-0.15, -0.1) is 0 Å². The monoisotopic (exact) mass is 389 g/mol. The van der Waals surface area contributed by atoms with E-state index in [1.807, 2.05) is 26.0 Å². The van der Waals surface area contributed by atoms with Gasteiger partial charge in [0, 0.05) is 30.3 Å². The minimum atomic E-state index is -0.782. The van der Waals surface area contributed by atoms with Gasteiger partial charge in [0.25, 0.3) is 0 Å². The molecule has 1 aliphatic heterocycles. The molecule has 7 nitrogen and oxygen atoms in total. The smallest absolute Gasteiger partial charge is 0.428 e. The Kier molecular flexibility index (Phi) is 7.54. The average molecular weight is 389 g/mol. The highest BCUT2D eigenvalue weighted by Gasteiger charge is 2.41. The van der Waals surface area contributed by atoms with Crippen LogP contribution in [0.25, 0.3) is 0 Å². The van der Waals surface area contributed by atoms with Gasteiger partial charge in [0.2, 0.25) is 5.78 Å². The molecule has 1 fully saturated rings. The van der Waals surface area contributed by atoms with Crippen LogP contribution in [-0.4, -0.2) is 52.5 Å². The van der Waals surface area contributed by atoms with Gasteiger partial charge >= 0.3 is 12.0 Å². The molecule has 0 radical (unpaired) electrons. The van der Waals surface area contributed by atoms with E-state index >= 15 is 0 Å². The summed E-state index contributed by atoms with van der Waals surface area (Å²) in [5.41, 5.74) is 0.206. The number of nitrogens with zero attached hydrogens (tertiary/aromatic N) is 3. The van der Waals surface area contributed by atoms with Gasteiger partial charge in [-0.1, -0.05) is 40.2 Å². The van der Waals surface area contributed by atoms with E-state index in [1.165, 1.54) is 10.0 Å². The quantitative estimate of drug-likeness (QED) is 0.526. The predicted octanol–water partition coefficient (Wildman–Crippen LogP) is 3.56. The maximum atomic E-state index is 13.0. The van der Waals surface area contributed by atoms with Gasteiger partial charge in [-0.25, -0.2) is 14.8 Å². The lowest BCUT2D eigenvalue weighted by Crippen LogP contribution is -2.58. The third-order valence-corrected chi connectivity index (χ3v) is 5.39. The van der Waals surface area contributed by atoms with Gasteiger partial charge in [-0.2, -0.15) is 0 Å². The van der Waals surface area contributed by atoms with Crippen molar-refractivity contribution in [3.63, 3.8) is 0 Å². The van der Waals surface area contributed by atoms with Crippen LogP contribution < -0.4 is 0 Å². The first-order valence-electron chi connectivity index (χ1n) is 10.0. The number of amides is 2. The van der Waals surface area contributed by atoms with E-state index in [2.05, 4.69) is 4.98 Å². The molecule has 1 aliphatic rings. The SMILES string of the molecule is CCCCOC(=O)N1CCC(c2cccnc2)CN1C(=O)C(=O)C(C)(C)CC. The molecule has 1 aromatic heterocycles. The number of carbonyl (C=O) groups is 3. The molecule has 0 saturated carbocycles. The van der Waals surface area contributed by atoms with E-state index in [0.29, 0.717) is 26.0 Å². The lowest BCUT2D eigenvalue weighted by molar-refractivity contribution is -0.162. The molecule has 2 amide bonds. The van der Waals surface area contributed by atoms with E-state index in [1.54, 1.807) is 26.2 Å². The van der Waals surface area contributed by atoms with Gasteiger partial charge < -0.3 is 4.74 Å². The Morgan fingerprint density at radius 3 is 2.61 bits per heavy atom. The van der Waals surface area contributed by atoms with E-state index in [4.69, 9.17) is 4.74 Å². The van der Waals surface area contributed by atoms with Crippen molar-refractivity contribution in [2.45, 2.75) is 59.3 Å². The number of pyridine rings is 1. The van der Waals surface area contributed by atoms with Crippen LogP contribution in [0.15, 0.2) is 24.5 Å². The molecule has 1 saturated heterocycles. The largest absolute Gasteiger partial charge is 0.448 e. The van der Waals surface area contributed by atoms with E-state index in [9.17, 15) is 14.4 Å². The highest BCUT2D eigenvalue weighted by Crippen LogP contribution is 2.29. The zero-order valence-electron chi connectivity index (χ0n) is 17.3. The standard InChI is InChI=1S/C21H31N3O4/c1-5-7-13-28-20(27)23-12-10-17(16-9-8-11-22-14-16)15-24(23)19(26)18(25)21(3,4)6-2/h8-9,11,14,17H,5-7,10,12-13,15H2,1-4H3. The molecular formula is C21H31N3O4. The van der Waals surface area contributed by atoms with Crippen LogP contribution >= 0.6 is 0 Å². The number of aromatic nitrogens is 1. The lowest BCUT2D eigenvalue weighted by atomic mass is 9.84. The van der Waals surface area contributed by atoms with E-state index in [-0.39, 0.29) is 12.5 Å². The van der Waals surface area contributed by atoms with Gasteiger partial charge in [-0.05, 0) is 30.9 Å². The van der Waals surface area contributed by atoms with Crippen molar-refractivity contribution >= 4 is 17.8 Å². The summed E-state index contributed by atoms with van der Waals surface area (Å²) < 4.78 is 5.30. The third kappa shape index (κ3) is 5.09. The minimum absolute atomic E-state index is 0.00915. The van der Waals surface area contributed by atoms with Gasteiger partial charge in [0.15, 0.2) is 0 Å². The van der Waals surface area contributed by atoms with Crippen LogP contribution in [0.3, 0.4) is 0 Å². The minimum Gasteiger partial charge on any atom is -0.448 e. The molecule has 28 heavy (non-hydrogen) atoms. The van der Waals surface area contributed by atoms with Crippen LogP contribution in [0.2, 0.25) is 0 Å². The Hall–Kier alpha value is -2.44. The Morgan fingerprint density at radius 2 is 2.00 bits per heavy atom. The maximum absolute atomic E-state index is 13.0. The van der Waals surface area contributed by atoms with Crippen LogP contribution in [0.1, 0.15) is 64.9 Å². The summed E-state index contributed by atoms with van der Waals surface area (Å²) in [5.74, 6) is -1.14. The summed E-state index contributed by atoms with van der Waals surface area (Å²) in [6.07, 6.45) is 5.76. The summed E-state index contributed by atoms with van der Waals surface area (Å²) in [6, 6.07) is 3.80. The molecular weight excluding hydrogens is 358 g/mol. The van der Waals surface area contributed by atoms with Crippen molar-refractivity contribution in [3.8, 4) is 0 Å². The van der Waals surface area contributed by atoms with Crippen molar-refractivity contribution in [3.05, 3.63) is 30.1 Å². The number of hydrogen-bond acceptors (Lipinski definition) is 5. The van der Waals surface area contributed by atoms with Gasteiger partial charge in [-0.3, -0.25) is 14.6 Å². The second-order valence-electron chi connectivity index (χ2n) is 7.82. The van der Waals surface area contributed by atoms with Crippen LogP contribution in [0, 0.1) is 5.41 Å². The van der Waals surface area contributed by atoms with Gasteiger partial charge in [0.05, 0.1) is 13.2 Å². The fraction of sp³-hybridized carbons (Fsp3) is 0.619. The molecule has 0 N–H and O–H groups in total. The number of hydrogen-bond donors (Lipinski definition) is 0. The highest BCUT2D eigenvalue weighted by molar-refractivity contribution is 6.37. The summed E-state index contributed by atoms with van der Waals surface area (Å²) in [7, 11) is 0. The van der Waals surface area contributed by atoms with Crippen LogP contribution in [0.4, 0.5) is 4.79 Å². The first kappa shape index (κ1) is 21.9. The van der Waals surface area contributed by atoms with Crippen molar-refractivity contribution < 1.29 is 19.1 Å². The van der Waals surface area contributed by atoms with Crippen molar-refractivity contribution in [1.82, 2.24) is 15.0 Å². The number of unbranched alkanes of at least 4 members (excludes halogenated alkanes) is 1. The second-order valence-corrected chi connectivity index (χ2v) is 7.82. The number of carbonyl (C=O) groups excluding carboxylic acids is 3. The Bertz CT molecular complexity index is 690. The second kappa shape index (κ2) is 9.66. The molecule has 1 unspecified atom stereocenters. The molecule has 0 aromatic carbocycles. The number of rotatable bonds is 7. The molecule has 2 heterocycles. The lowest BCUT2D eigenvalue weighted by Gasteiger charge is -2.41. The summed E-state index contributed by atoms with van der Waals surface area (Å²) in [4.78, 5) is 42.5. The fourth-order valence-corrected chi connectivity index (χ4v) is 3.01. The molecule has 1 aromatic rings. The normalized spacial score (nSPS) is 17.4. The van der Waals surface area contributed by atoms with Crippen molar-refractivity contribution in [1.29, 1.82) is 0 Å². The summed E-state index contributed by atoms with van der Waals surface area (Å²) in [5, 5.41) is 2.56. The predicted molar refractivity (Wildman–Crippen MR) is 105 cm³/mol. The molecule has 0 bridgehead atoms. The zero-order valence-corrected chi connectivity index (χ0v) is 17.3. The van der Waals surface area contributed by atoms with Crippen molar-refractivity contribution in [2.24, 2.45) is 5.41 Å². The van der Waals surface area contributed by atoms with Gasteiger partial charge in [0.1, 0.15) is 0 Å². The molecule has 154 valence electrons. The van der Waals surface area contributed by atoms with E-state index < -0.39 is 23.2 Å². The van der Waals surface area contributed by atoms with E-state index in [0.717, 1.165) is 18.4 Å². The number of ether oxygens (including phenoxy) is 1. The molecule has 7 heteroatoms. The fourth-order valence-electron chi connectivity index (χ4n) is 3.01. The van der Waals surface area contributed by atoms with Crippen molar-refractivity contribution in [2.75, 3.05) is 19.7 Å². The third-order valence-electron chi connectivity index (χ3n) is 5.39. The Balaban J connectivity index is 2.23. The first-order valence-corrected chi connectivity index (χ1v) is 10.0. The first-order chi connectivity index (χ1) is 13.3. The number of ketones is 1. The Labute approximate surface area is 167 Å². The van der Waals surface area contributed by atoms with Crippen LogP contribution in [-0.2, 0) is 14.3 Å². The maximum Gasteiger partial charge on any atom is 0.428 e. The molecule has 1 atom stereocenters. The number of hydrazine groups is 1. The average Bonchev–Trinajstić information content (AvgIpc) is 2.72. The highest BCUT2D eigenvalue weighted by atomic mass is 16.6. The zero-order chi connectivity index (χ0) is 20.7. The molecule has 2 rings (SSSR count). The Morgan fingerprint density at radius 1 is 1.25 bits per heavy atom. The topological polar surface area (TPSA) is 79.8 Å². The summed E-state index contributed by atoms with van der Waals surface area (Å²) in [6.45, 7) is 8.24. The van der Waals surface area contributed by atoms with Crippen LogP contribution in [0.5, 0.6) is 0 Å². The number of Topliss-reactive ketones (excluding diaryl/α,β-unsaturated/α-hetero) is 1. The summed E-state index contributed by atoms with van der Waals surface area (Å²) >= 11 is 0. The molecule has 0 aliphatic carbocycles.